The summed E-state index contributed by atoms with van der Waals surface area (Å²) < 4.78 is 26.8. The van der Waals surface area contributed by atoms with Crippen molar-refractivity contribution in [1.82, 2.24) is 9.88 Å². The molecule has 1 aromatic heterocycles. The van der Waals surface area contributed by atoms with E-state index in [0.29, 0.717) is 0 Å². The van der Waals surface area contributed by atoms with Crippen LogP contribution in [0.4, 0.5) is 25.8 Å². The molecular weight excluding hydrogens is 386 g/mol. The summed E-state index contributed by atoms with van der Waals surface area (Å²) in [7, 11) is 0. The number of aromatic hydroxyl groups is 1. The van der Waals surface area contributed by atoms with Crippen LogP contribution in [0.15, 0.2) is 21.9 Å². The van der Waals surface area contributed by atoms with E-state index in [1.165, 1.54) is 12.3 Å². The second-order valence-corrected chi connectivity index (χ2v) is 7.51. The molecule has 29 heavy (non-hydrogen) atoms. The summed E-state index contributed by atoms with van der Waals surface area (Å²) in [5, 5.41) is 16.1. The molecule has 2 heterocycles. The van der Waals surface area contributed by atoms with Gasteiger partial charge in [0.2, 0.25) is 0 Å². The summed E-state index contributed by atoms with van der Waals surface area (Å²) in [6, 6.07) is 1.23. The Hall–Kier alpha value is -3.04. The van der Waals surface area contributed by atoms with Crippen LogP contribution >= 0.6 is 0 Å². The Kier molecular flexibility index (Phi) is 5.54. The molecular formula is C19H22F2N4O4. The van der Waals surface area contributed by atoms with Crippen LogP contribution in [0.1, 0.15) is 31.3 Å². The molecule has 0 unspecified atom stereocenters. The fraction of sp³-hybridized carbons (Fsp3) is 0.474. The van der Waals surface area contributed by atoms with Crippen molar-refractivity contribution in [2.45, 2.75) is 39.2 Å². The number of carbonyl (C=O) groups is 1. The van der Waals surface area contributed by atoms with E-state index in [9.17, 15) is 28.3 Å². The number of pyridine rings is 1. The molecule has 156 valence electrons. The van der Waals surface area contributed by atoms with Crippen LogP contribution in [0.2, 0.25) is 0 Å². The second kappa shape index (κ2) is 7.76. The molecule has 0 bridgehead atoms. The summed E-state index contributed by atoms with van der Waals surface area (Å²) in [6.07, 6.45) is -2.37. The number of halogens is 2. The van der Waals surface area contributed by atoms with Crippen molar-refractivity contribution < 1.29 is 18.7 Å². The van der Waals surface area contributed by atoms with Gasteiger partial charge in [0.15, 0.2) is 23.8 Å². The molecule has 3 rings (SSSR count). The van der Waals surface area contributed by atoms with Crippen molar-refractivity contribution in [2.75, 3.05) is 23.7 Å². The van der Waals surface area contributed by atoms with Gasteiger partial charge in [-0.1, -0.05) is 13.8 Å². The molecule has 1 saturated heterocycles. The SMILES string of the molecule is CC(C)[C@H](C)Nc1c(Nc2ccnc(C(=O)N3C[C@@H](F)[C@H](F)C3)c2O)c(=O)c1=O. The molecule has 0 saturated carbocycles. The monoisotopic (exact) mass is 408 g/mol. The first-order valence-electron chi connectivity index (χ1n) is 9.24. The minimum atomic E-state index is -1.79. The van der Waals surface area contributed by atoms with E-state index in [-0.39, 0.29) is 29.0 Å². The largest absolute Gasteiger partial charge is 0.504 e. The number of alkyl halides is 2. The maximum atomic E-state index is 13.4. The van der Waals surface area contributed by atoms with Crippen molar-refractivity contribution in [1.29, 1.82) is 0 Å². The summed E-state index contributed by atoms with van der Waals surface area (Å²) in [4.78, 5) is 41.1. The van der Waals surface area contributed by atoms with Crippen molar-refractivity contribution >= 4 is 23.0 Å². The summed E-state index contributed by atoms with van der Waals surface area (Å²) in [5.74, 6) is -1.21. The summed E-state index contributed by atoms with van der Waals surface area (Å²) >= 11 is 0. The van der Waals surface area contributed by atoms with Gasteiger partial charge in [0.25, 0.3) is 16.8 Å². The quantitative estimate of drug-likeness (QED) is 0.624. The number of likely N-dealkylation sites (tertiary alicyclic amines) is 1. The fourth-order valence-corrected chi connectivity index (χ4v) is 2.93. The Balaban J connectivity index is 1.85. The molecule has 3 N–H and O–H groups in total. The second-order valence-electron chi connectivity index (χ2n) is 7.51. The van der Waals surface area contributed by atoms with E-state index in [1.54, 1.807) is 0 Å². The zero-order chi connectivity index (χ0) is 21.5. The number of hydrogen-bond donors (Lipinski definition) is 3. The first-order chi connectivity index (χ1) is 13.6. The van der Waals surface area contributed by atoms with E-state index in [1.807, 2.05) is 20.8 Å². The van der Waals surface area contributed by atoms with Gasteiger partial charge in [-0.05, 0) is 18.9 Å². The number of anilines is 3. The Labute approximate surface area is 165 Å². The van der Waals surface area contributed by atoms with Crippen LogP contribution in [-0.2, 0) is 0 Å². The van der Waals surface area contributed by atoms with Crippen molar-refractivity contribution in [3.8, 4) is 5.75 Å². The molecule has 1 amide bonds. The van der Waals surface area contributed by atoms with Crippen LogP contribution in [0.25, 0.3) is 0 Å². The lowest BCUT2D eigenvalue weighted by molar-refractivity contribution is 0.0769. The minimum absolute atomic E-state index is 0.0245. The highest BCUT2D eigenvalue weighted by Crippen LogP contribution is 2.32. The smallest absolute Gasteiger partial charge is 0.276 e. The van der Waals surface area contributed by atoms with Gasteiger partial charge in [-0.3, -0.25) is 14.4 Å². The third kappa shape index (κ3) is 3.79. The van der Waals surface area contributed by atoms with Crippen LogP contribution in [-0.4, -0.2) is 52.4 Å². The highest BCUT2D eigenvalue weighted by Gasteiger charge is 2.37. The van der Waals surface area contributed by atoms with E-state index in [0.717, 1.165) is 4.90 Å². The van der Waals surface area contributed by atoms with E-state index in [2.05, 4.69) is 15.6 Å². The van der Waals surface area contributed by atoms with Crippen LogP contribution in [0, 0.1) is 5.92 Å². The molecule has 1 aromatic carbocycles. The van der Waals surface area contributed by atoms with Crippen molar-refractivity contribution in [2.24, 2.45) is 5.92 Å². The van der Waals surface area contributed by atoms with Gasteiger partial charge in [-0.15, -0.1) is 0 Å². The molecule has 0 spiro atoms. The highest BCUT2D eigenvalue weighted by molar-refractivity contribution is 5.97. The zero-order valence-corrected chi connectivity index (χ0v) is 16.2. The van der Waals surface area contributed by atoms with Gasteiger partial charge in [0, 0.05) is 12.2 Å². The van der Waals surface area contributed by atoms with E-state index < -0.39 is 53.6 Å². The van der Waals surface area contributed by atoms with Gasteiger partial charge in [-0.2, -0.15) is 0 Å². The summed E-state index contributed by atoms with van der Waals surface area (Å²) in [5.41, 5.74) is -1.79. The molecule has 1 aliphatic rings. The van der Waals surface area contributed by atoms with Crippen molar-refractivity contribution in [3.63, 3.8) is 0 Å². The molecule has 3 atom stereocenters. The zero-order valence-electron chi connectivity index (χ0n) is 16.2. The topological polar surface area (TPSA) is 112 Å². The number of amides is 1. The molecule has 8 nitrogen and oxygen atoms in total. The minimum Gasteiger partial charge on any atom is -0.504 e. The molecule has 10 heteroatoms. The first kappa shape index (κ1) is 20.7. The fourth-order valence-electron chi connectivity index (χ4n) is 2.93. The lowest BCUT2D eigenvalue weighted by Crippen LogP contribution is -2.39. The van der Waals surface area contributed by atoms with E-state index >= 15 is 0 Å². The van der Waals surface area contributed by atoms with Crippen LogP contribution in [0.3, 0.4) is 0 Å². The molecule has 0 radical (unpaired) electrons. The maximum Gasteiger partial charge on any atom is 0.276 e. The van der Waals surface area contributed by atoms with Gasteiger partial charge in [-0.25, -0.2) is 13.8 Å². The van der Waals surface area contributed by atoms with Gasteiger partial charge in [0.05, 0.1) is 18.8 Å². The number of nitrogens with one attached hydrogen (secondary N) is 2. The molecule has 1 fully saturated rings. The number of rotatable bonds is 6. The number of carbonyl (C=O) groups excluding carboxylic acids is 1. The van der Waals surface area contributed by atoms with Crippen molar-refractivity contribution in [3.05, 3.63) is 38.4 Å². The van der Waals surface area contributed by atoms with Gasteiger partial charge < -0.3 is 20.6 Å². The predicted octanol–water partition coefficient (Wildman–Crippen LogP) is 1.72. The number of aromatic nitrogens is 1. The molecule has 0 aliphatic carbocycles. The Bertz CT molecular complexity index is 993. The Morgan fingerprint density at radius 2 is 1.76 bits per heavy atom. The third-order valence-electron chi connectivity index (χ3n) is 5.14. The Morgan fingerprint density at radius 3 is 2.34 bits per heavy atom. The van der Waals surface area contributed by atoms with Crippen LogP contribution in [0.5, 0.6) is 5.75 Å². The summed E-state index contributed by atoms with van der Waals surface area (Å²) in [6.45, 7) is 4.89. The maximum absolute atomic E-state index is 13.4. The number of hydrogen-bond acceptors (Lipinski definition) is 7. The van der Waals surface area contributed by atoms with Gasteiger partial charge >= 0.3 is 0 Å². The Morgan fingerprint density at radius 1 is 1.17 bits per heavy atom. The average molecular weight is 408 g/mol. The van der Waals surface area contributed by atoms with Gasteiger partial charge in [0.1, 0.15) is 11.4 Å². The lowest BCUT2D eigenvalue weighted by Gasteiger charge is -2.22. The first-order valence-corrected chi connectivity index (χ1v) is 9.24. The van der Waals surface area contributed by atoms with Crippen LogP contribution < -0.4 is 21.5 Å². The predicted molar refractivity (Wildman–Crippen MR) is 104 cm³/mol. The average Bonchev–Trinajstić information content (AvgIpc) is 3.03. The molecule has 1 aliphatic heterocycles. The standard InChI is InChI=1S/C19H22F2N4O4/c1-8(2)9(3)23-13-14(18(28)17(13)27)24-12-4-5-22-15(16(12)26)19(29)25-6-10(20)11(21)7-25/h4-5,8-11,23,26H,6-7H2,1-3H3,(H,22,24)/t9-,10+,11+/m0/s1. The lowest BCUT2D eigenvalue weighted by atomic mass is 10.0. The van der Waals surface area contributed by atoms with E-state index in [4.69, 9.17) is 0 Å². The third-order valence-corrected chi connectivity index (χ3v) is 5.14. The normalized spacial score (nSPS) is 20.3. The molecule has 2 aromatic rings. The number of nitrogens with zero attached hydrogens (tertiary/aromatic N) is 2. The highest BCUT2D eigenvalue weighted by atomic mass is 19.2.